The number of para-hydroxylation sites is 1. The molecule has 0 spiro atoms. The van der Waals surface area contributed by atoms with E-state index < -0.39 is 0 Å². The Morgan fingerprint density at radius 2 is 1.81 bits per heavy atom. The molecule has 0 bridgehead atoms. The first-order valence-corrected chi connectivity index (χ1v) is 8.90. The van der Waals surface area contributed by atoms with E-state index in [4.69, 9.17) is 4.74 Å². The van der Waals surface area contributed by atoms with Crippen LogP contribution in [0, 0.1) is 5.82 Å². The Morgan fingerprint density at radius 1 is 1.07 bits per heavy atom. The quantitative estimate of drug-likeness (QED) is 0.599. The summed E-state index contributed by atoms with van der Waals surface area (Å²) in [6.07, 6.45) is 0. The highest BCUT2D eigenvalue weighted by molar-refractivity contribution is 5.79. The number of benzene rings is 2. The van der Waals surface area contributed by atoms with E-state index >= 15 is 0 Å². The minimum absolute atomic E-state index is 0.176. The smallest absolute Gasteiger partial charge is 0.193 e. The highest BCUT2D eigenvalue weighted by Gasteiger charge is 2.11. The molecule has 0 heterocycles. The minimum Gasteiger partial charge on any atom is -0.496 e. The van der Waals surface area contributed by atoms with Crippen LogP contribution < -0.4 is 10.1 Å². The summed E-state index contributed by atoms with van der Waals surface area (Å²) in [5.74, 6) is 1.44. The van der Waals surface area contributed by atoms with E-state index in [2.05, 4.69) is 10.3 Å². The summed E-state index contributed by atoms with van der Waals surface area (Å²) in [6.45, 7) is 1.81. The molecule has 0 radical (unpaired) electrons. The molecular weight excluding hydrogens is 343 g/mol. The van der Waals surface area contributed by atoms with Crippen molar-refractivity contribution < 1.29 is 9.13 Å². The second-order valence-corrected chi connectivity index (χ2v) is 6.73. The van der Waals surface area contributed by atoms with Crippen molar-refractivity contribution in [3.05, 3.63) is 65.0 Å². The van der Waals surface area contributed by atoms with Crippen LogP contribution in [0.4, 0.5) is 4.39 Å². The van der Waals surface area contributed by atoms with Gasteiger partial charge < -0.3 is 19.9 Å². The second kappa shape index (κ2) is 9.92. The fourth-order valence-corrected chi connectivity index (χ4v) is 2.93. The zero-order valence-corrected chi connectivity index (χ0v) is 16.8. The summed E-state index contributed by atoms with van der Waals surface area (Å²) < 4.78 is 19.4. The molecule has 5 nitrogen and oxygen atoms in total. The van der Waals surface area contributed by atoms with Crippen LogP contribution in [-0.4, -0.2) is 51.1 Å². The number of halogens is 1. The summed E-state index contributed by atoms with van der Waals surface area (Å²) in [6, 6.07) is 13.2. The standard InChI is InChI=1S/C21H29FN4O/c1-23-21(26(4)15-17-8-6-7-9-20(17)27-5)24-13-16-10-11-19(22)18(12-16)14-25(2)3/h6-12H,13-15H2,1-5H3,(H,23,24). The van der Waals surface area contributed by atoms with Crippen molar-refractivity contribution in [3.63, 3.8) is 0 Å². The van der Waals surface area contributed by atoms with Gasteiger partial charge in [-0.1, -0.05) is 24.3 Å². The van der Waals surface area contributed by atoms with Crippen molar-refractivity contribution in [3.8, 4) is 5.75 Å². The SMILES string of the molecule is CN=C(NCc1ccc(F)c(CN(C)C)c1)N(C)Cc1ccccc1OC. The van der Waals surface area contributed by atoms with Gasteiger partial charge in [-0.2, -0.15) is 0 Å². The molecule has 0 aliphatic carbocycles. The zero-order chi connectivity index (χ0) is 19.8. The fraction of sp³-hybridized carbons (Fsp3) is 0.381. The van der Waals surface area contributed by atoms with Crippen molar-refractivity contribution in [2.45, 2.75) is 19.6 Å². The van der Waals surface area contributed by atoms with Gasteiger partial charge in [0.25, 0.3) is 0 Å². The van der Waals surface area contributed by atoms with Gasteiger partial charge >= 0.3 is 0 Å². The van der Waals surface area contributed by atoms with Gasteiger partial charge in [-0.25, -0.2) is 4.39 Å². The summed E-state index contributed by atoms with van der Waals surface area (Å²) in [5.41, 5.74) is 2.79. The number of hydrogen-bond donors (Lipinski definition) is 1. The third kappa shape index (κ3) is 5.96. The van der Waals surface area contributed by atoms with Crippen LogP contribution >= 0.6 is 0 Å². The van der Waals surface area contributed by atoms with Crippen molar-refractivity contribution in [2.75, 3.05) is 35.3 Å². The normalized spacial score (nSPS) is 11.6. The molecule has 2 rings (SSSR count). The molecular formula is C21H29FN4O. The first kappa shape index (κ1) is 20.7. The number of rotatable bonds is 7. The average Bonchev–Trinajstić information content (AvgIpc) is 2.64. The van der Waals surface area contributed by atoms with E-state index in [0.29, 0.717) is 25.2 Å². The van der Waals surface area contributed by atoms with Gasteiger partial charge in [-0.15, -0.1) is 0 Å². The molecule has 0 unspecified atom stereocenters. The van der Waals surface area contributed by atoms with Crippen LogP contribution in [-0.2, 0) is 19.6 Å². The maximum absolute atomic E-state index is 13.9. The largest absolute Gasteiger partial charge is 0.496 e. The maximum Gasteiger partial charge on any atom is 0.193 e. The van der Waals surface area contributed by atoms with E-state index in [1.807, 2.05) is 61.3 Å². The molecule has 0 saturated heterocycles. The van der Waals surface area contributed by atoms with E-state index in [9.17, 15) is 4.39 Å². The molecule has 0 fully saturated rings. The highest BCUT2D eigenvalue weighted by Crippen LogP contribution is 2.19. The van der Waals surface area contributed by atoms with Gasteiger partial charge in [0.05, 0.1) is 7.11 Å². The summed E-state index contributed by atoms with van der Waals surface area (Å²) in [7, 11) is 9.26. The van der Waals surface area contributed by atoms with Crippen LogP contribution in [0.15, 0.2) is 47.5 Å². The predicted octanol–water partition coefficient (Wildman–Crippen LogP) is 3.10. The Kier molecular flexibility index (Phi) is 7.61. The first-order chi connectivity index (χ1) is 12.9. The van der Waals surface area contributed by atoms with Gasteiger partial charge in [-0.05, 0) is 37.9 Å². The number of nitrogens with one attached hydrogen (secondary N) is 1. The number of aliphatic imine (C=N–C) groups is 1. The lowest BCUT2D eigenvalue weighted by Crippen LogP contribution is -2.38. The number of nitrogens with zero attached hydrogens (tertiary/aromatic N) is 3. The van der Waals surface area contributed by atoms with Gasteiger partial charge in [0, 0.05) is 44.9 Å². The van der Waals surface area contributed by atoms with Crippen molar-refractivity contribution in [1.29, 1.82) is 0 Å². The van der Waals surface area contributed by atoms with Gasteiger partial charge in [-0.3, -0.25) is 4.99 Å². The monoisotopic (exact) mass is 372 g/mol. The molecule has 6 heteroatoms. The van der Waals surface area contributed by atoms with Crippen LogP contribution in [0.2, 0.25) is 0 Å². The van der Waals surface area contributed by atoms with E-state index in [0.717, 1.165) is 22.8 Å². The Hall–Kier alpha value is -2.60. The number of methoxy groups -OCH3 is 1. The molecule has 0 aromatic heterocycles. The lowest BCUT2D eigenvalue weighted by Gasteiger charge is -2.23. The van der Waals surface area contributed by atoms with Gasteiger partial charge in [0.15, 0.2) is 5.96 Å². The van der Waals surface area contributed by atoms with Crippen molar-refractivity contribution in [1.82, 2.24) is 15.1 Å². The Bertz CT molecular complexity index is 777. The number of ether oxygens (including phenoxy) is 1. The van der Waals surface area contributed by atoms with Gasteiger partial charge in [0.2, 0.25) is 0 Å². The third-order valence-corrected chi connectivity index (χ3v) is 4.22. The molecule has 0 saturated carbocycles. The molecule has 27 heavy (non-hydrogen) atoms. The molecule has 0 aliphatic rings. The van der Waals surface area contributed by atoms with Crippen molar-refractivity contribution >= 4 is 5.96 Å². The van der Waals surface area contributed by atoms with Crippen LogP contribution in [0.3, 0.4) is 0 Å². The van der Waals surface area contributed by atoms with E-state index in [1.165, 1.54) is 6.07 Å². The number of guanidine groups is 1. The van der Waals surface area contributed by atoms with Crippen LogP contribution in [0.5, 0.6) is 5.75 Å². The average molecular weight is 372 g/mol. The molecule has 0 aliphatic heterocycles. The van der Waals surface area contributed by atoms with E-state index in [1.54, 1.807) is 20.2 Å². The second-order valence-electron chi connectivity index (χ2n) is 6.73. The van der Waals surface area contributed by atoms with E-state index in [-0.39, 0.29) is 5.82 Å². The molecule has 0 amide bonds. The zero-order valence-electron chi connectivity index (χ0n) is 16.8. The lowest BCUT2D eigenvalue weighted by molar-refractivity contribution is 0.392. The number of hydrogen-bond acceptors (Lipinski definition) is 3. The minimum atomic E-state index is -0.176. The summed E-state index contributed by atoms with van der Waals surface area (Å²) in [4.78, 5) is 8.34. The predicted molar refractivity (Wildman–Crippen MR) is 108 cm³/mol. The highest BCUT2D eigenvalue weighted by atomic mass is 19.1. The maximum atomic E-state index is 13.9. The summed E-state index contributed by atoms with van der Waals surface area (Å²) >= 11 is 0. The third-order valence-electron chi connectivity index (χ3n) is 4.22. The molecule has 1 N–H and O–H groups in total. The molecule has 2 aromatic carbocycles. The Balaban J connectivity index is 2.03. The molecule has 0 atom stereocenters. The Labute approximate surface area is 161 Å². The molecule has 2 aromatic rings. The van der Waals surface area contributed by atoms with Crippen LogP contribution in [0.1, 0.15) is 16.7 Å². The topological polar surface area (TPSA) is 40.1 Å². The first-order valence-electron chi connectivity index (χ1n) is 8.90. The van der Waals surface area contributed by atoms with Crippen molar-refractivity contribution in [2.24, 2.45) is 4.99 Å². The van der Waals surface area contributed by atoms with Gasteiger partial charge in [0.1, 0.15) is 11.6 Å². The molecule has 146 valence electrons. The van der Waals surface area contributed by atoms with Crippen LogP contribution in [0.25, 0.3) is 0 Å². The lowest BCUT2D eigenvalue weighted by atomic mass is 10.1. The fourth-order valence-electron chi connectivity index (χ4n) is 2.93. The Morgan fingerprint density at radius 3 is 2.48 bits per heavy atom. The summed E-state index contributed by atoms with van der Waals surface area (Å²) in [5, 5.41) is 3.34.